The highest BCUT2D eigenvalue weighted by Gasteiger charge is 2.13. The van der Waals surface area contributed by atoms with Crippen molar-refractivity contribution in [3.05, 3.63) is 46.3 Å². The van der Waals surface area contributed by atoms with Gasteiger partial charge in [0.15, 0.2) is 0 Å². The Kier molecular flexibility index (Phi) is 6.42. The van der Waals surface area contributed by atoms with Gasteiger partial charge >= 0.3 is 0 Å². The monoisotopic (exact) mass is 358 g/mol. The highest BCUT2D eigenvalue weighted by Crippen LogP contribution is 2.14. The van der Waals surface area contributed by atoms with Crippen LogP contribution in [0.25, 0.3) is 0 Å². The lowest BCUT2D eigenvalue weighted by atomic mass is 10.2. The largest absolute Gasteiger partial charge is 0.355 e. The summed E-state index contributed by atoms with van der Waals surface area (Å²) in [5.41, 5.74) is 1.04. The molecule has 3 heterocycles. The van der Waals surface area contributed by atoms with Crippen LogP contribution < -0.4 is 10.2 Å². The Morgan fingerprint density at radius 2 is 2.16 bits per heavy atom. The summed E-state index contributed by atoms with van der Waals surface area (Å²) in [4.78, 5) is 22.5. The van der Waals surface area contributed by atoms with Crippen LogP contribution in [0.4, 0.5) is 5.82 Å². The molecule has 0 atom stereocenters. The first-order valence-corrected chi connectivity index (χ1v) is 9.76. The third kappa shape index (κ3) is 5.54. The highest BCUT2D eigenvalue weighted by molar-refractivity contribution is 7.09. The van der Waals surface area contributed by atoms with Gasteiger partial charge < -0.3 is 15.1 Å². The Hall–Kier alpha value is -1.92. The molecule has 1 fully saturated rings. The van der Waals surface area contributed by atoms with E-state index in [1.807, 2.05) is 17.6 Å². The minimum absolute atomic E-state index is 0.0908. The Morgan fingerprint density at radius 1 is 1.24 bits per heavy atom. The van der Waals surface area contributed by atoms with E-state index in [0.717, 1.165) is 44.0 Å². The second kappa shape index (κ2) is 8.97. The maximum atomic E-state index is 12.0. The summed E-state index contributed by atoms with van der Waals surface area (Å²) in [7, 11) is 2.17. The molecule has 0 unspecified atom stereocenters. The molecule has 0 aromatic carbocycles. The number of thiophene rings is 1. The quantitative estimate of drug-likeness (QED) is 0.862. The summed E-state index contributed by atoms with van der Waals surface area (Å²) >= 11 is 1.70. The first kappa shape index (κ1) is 17.9. The number of pyridine rings is 1. The van der Waals surface area contributed by atoms with Gasteiger partial charge in [0.25, 0.3) is 0 Å². The molecular weight excluding hydrogens is 332 g/mol. The summed E-state index contributed by atoms with van der Waals surface area (Å²) in [5.74, 6) is 1.12. The molecule has 1 N–H and O–H groups in total. The fourth-order valence-electron chi connectivity index (χ4n) is 2.96. The number of hydrogen-bond acceptors (Lipinski definition) is 5. The average molecular weight is 359 g/mol. The van der Waals surface area contributed by atoms with Crippen molar-refractivity contribution >= 4 is 23.1 Å². The second-order valence-corrected chi connectivity index (χ2v) is 7.56. The average Bonchev–Trinajstić information content (AvgIpc) is 3.06. The molecule has 1 aliphatic heterocycles. The molecule has 2 aromatic heterocycles. The second-order valence-electron chi connectivity index (χ2n) is 6.52. The Balaban J connectivity index is 1.45. The summed E-state index contributed by atoms with van der Waals surface area (Å²) in [5, 5.41) is 5.03. The van der Waals surface area contributed by atoms with E-state index in [-0.39, 0.29) is 5.91 Å². The number of amides is 1. The zero-order valence-electron chi connectivity index (χ0n) is 14.8. The zero-order chi connectivity index (χ0) is 17.5. The topological polar surface area (TPSA) is 48.5 Å². The van der Waals surface area contributed by atoms with Gasteiger partial charge in [0.1, 0.15) is 5.82 Å². The zero-order valence-corrected chi connectivity index (χ0v) is 15.6. The number of aryl methyl sites for hydroxylation is 1. The van der Waals surface area contributed by atoms with Crippen LogP contribution in [-0.2, 0) is 17.8 Å². The van der Waals surface area contributed by atoms with Crippen LogP contribution in [0.3, 0.4) is 0 Å². The lowest BCUT2D eigenvalue weighted by Gasteiger charge is -2.21. The van der Waals surface area contributed by atoms with Gasteiger partial charge in [-0.15, -0.1) is 11.3 Å². The van der Waals surface area contributed by atoms with Gasteiger partial charge in [0, 0.05) is 43.7 Å². The fraction of sp³-hybridized carbons (Fsp3) is 0.474. The number of aromatic nitrogens is 1. The van der Waals surface area contributed by atoms with Crippen LogP contribution >= 0.6 is 11.3 Å². The van der Waals surface area contributed by atoms with E-state index in [1.165, 1.54) is 11.3 Å². The van der Waals surface area contributed by atoms with E-state index in [0.29, 0.717) is 13.0 Å². The highest BCUT2D eigenvalue weighted by atomic mass is 32.1. The number of likely N-dealkylation sites (N-methyl/N-ethyl adjacent to an activating group) is 1. The van der Waals surface area contributed by atoms with Gasteiger partial charge in [-0.1, -0.05) is 12.1 Å². The van der Waals surface area contributed by atoms with Crippen molar-refractivity contribution in [2.24, 2.45) is 0 Å². The summed E-state index contributed by atoms with van der Waals surface area (Å²) < 4.78 is 0. The maximum absolute atomic E-state index is 12.0. The van der Waals surface area contributed by atoms with Crippen LogP contribution in [0.5, 0.6) is 0 Å². The number of anilines is 1. The first-order chi connectivity index (χ1) is 12.2. The van der Waals surface area contributed by atoms with Crippen LogP contribution in [0, 0.1) is 0 Å². The molecule has 6 heteroatoms. The van der Waals surface area contributed by atoms with Crippen molar-refractivity contribution in [3.63, 3.8) is 0 Å². The van der Waals surface area contributed by atoms with E-state index in [2.05, 4.69) is 45.3 Å². The molecule has 1 aliphatic rings. The minimum Gasteiger partial charge on any atom is -0.355 e. The standard InChI is InChI=1S/C19H26N4OS/c1-22-9-3-10-23(12-11-22)18-7-5-16(14-20-18)15-21-19(24)8-6-17-4-2-13-25-17/h2,4-5,7,13-14H,3,6,8-12,15H2,1H3,(H,21,24). The smallest absolute Gasteiger partial charge is 0.220 e. The molecule has 0 radical (unpaired) electrons. The minimum atomic E-state index is 0.0908. The number of carbonyl (C=O) groups excluding carboxylic acids is 1. The van der Waals surface area contributed by atoms with E-state index in [1.54, 1.807) is 11.3 Å². The molecule has 1 amide bonds. The van der Waals surface area contributed by atoms with Crippen LogP contribution in [-0.4, -0.2) is 49.0 Å². The third-order valence-electron chi connectivity index (χ3n) is 4.52. The van der Waals surface area contributed by atoms with Crippen molar-refractivity contribution in [2.45, 2.75) is 25.8 Å². The summed E-state index contributed by atoms with van der Waals surface area (Å²) in [6.07, 6.45) is 4.39. The Morgan fingerprint density at radius 3 is 2.92 bits per heavy atom. The van der Waals surface area contributed by atoms with Gasteiger partial charge in [-0.3, -0.25) is 4.79 Å². The fourth-order valence-corrected chi connectivity index (χ4v) is 3.67. The normalized spacial score (nSPS) is 15.8. The number of carbonyl (C=O) groups is 1. The molecule has 2 aromatic rings. The molecule has 0 aliphatic carbocycles. The molecule has 134 valence electrons. The van der Waals surface area contributed by atoms with E-state index in [9.17, 15) is 4.79 Å². The molecule has 1 saturated heterocycles. The van der Waals surface area contributed by atoms with Crippen LogP contribution in [0.2, 0.25) is 0 Å². The van der Waals surface area contributed by atoms with E-state index < -0.39 is 0 Å². The van der Waals surface area contributed by atoms with Crippen molar-refractivity contribution in [1.82, 2.24) is 15.2 Å². The van der Waals surface area contributed by atoms with E-state index >= 15 is 0 Å². The lowest BCUT2D eigenvalue weighted by molar-refractivity contribution is -0.121. The number of rotatable bonds is 6. The Bertz CT molecular complexity index is 657. The van der Waals surface area contributed by atoms with Crippen molar-refractivity contribution in [3.8, 4) is 0 Å². The van der Waals surface area contributed by atoms with Gasteiger partial charge in [-0.2, -0.15) is 0 Å². The van der Waals surface area contributed by atoms with Gasteiger partial charge in [-0.05, 0) is 49.5 Å². The summed E-state index contributed by atoms with van der Waals surface area (Å²) in [6, 6.07) is 8.23. The van der Waals surface area contributed by atoms with Crippen molar-refractivity contribution < 1.29 is 4.79 Å². The molecule has 0 saturated carbocycles. The molecular formula is C19H26N4OS. The molecule has 0 spiro atoms. The van der Waals surface area contributed by atoms with Crippen molar-refractivity contribution in [2.75, 3.05) is 38.1 Å². The Labute approximate surface area is 153 Å². The van der Waals surface area contributed by atoms with E-state index in [4.69, 9.17) is 0 Å². The molecule has 5 nitrogen and oxygen atoms in total. The first-order valence-electron chi connectivity index (χ1n) is 8.88. The predicted octanol–water partition coefficient (Wildman–Crippen LogP) is 2.53. The maximum Gasteiger partial charge on any atom is 0.220 e. The van der Waals surface area contributed by atoms with Gasteiger partial charge in [0.2, 0.25) is 5.91 Å². The SMILES string of the molecule is CN1CCCN(c2ccc(CNC(=O)CCc3cccs3)cn2)CC1. The third-order valence-corrected chi connectivity index (χ3v) is 5.46. The predicted molar refractivity (Wildman–Crippen MR) is 103 cm³/mol. The number of hydrogen-bond donors (Lipinski definition) is 1. The van der Waals surface area contributed by atoms with Crippen LogP contribution in [0.1, 0.15) is 23.3 Å². The van der Waals surface area contributed by atoms with Crippen LogP contribution in [0.15, 0.2) is 35.8 Å². The number of nitrogens with zero attached hydrogens (tertiary/aromatic N) is 3. The molecule has 3 rings (SSSR count). The summed E-state index contributed by atoms with van der Waals surface area (Å²) in [6.45, 7) is 4.83. The van der Waals surface area contributed by atoms with Gasteiger partial charge in [0.05, 0.1) is 0 Å². The number of nitrogens with one attached hydrogen (secondary N) is 1. The van der Waals surface area contributed by atoms with Gasteiger partial charge in [-0.25, -0.2) is 4.98 Å². The lowest BCUT2D eigenvalue weighted by Crippen LogP contribution is -2.29. The molecule has 0 bridgehead atoms. The molecule has 25 heavy (non-hydrogen) atoms. The van der Waals surface area contributed by atoms with Crippen molar-refractivity contribution in [1.29, 1.82) is 0 Å².